The molecule has 20 heavy (non-hydrogen) atoms. The summed E-state index contributed by atoms with van der Waals surface area (Å²) >= 11 is 0. The highest BCUT2D eigenvalue weighted by molar-refractivity contribution is 5.28. The summed E-state index contributed by atoms with van der Waals surface area (Å²) in [4.78, 5) is 2.07. The number of nitrogens with zero attached hydrogens (tertiary/aromatic N) is 1. The highest BCUT2D eigenvalue weighted by Gasteiger charge is 2.07. The van der Waals surface area contributed by atoms with Gasteiger partial charge in [0, 0.05) is 26.7 Å². The number of hydrogen-bond acceptors (Lipinski definition) is 5. The Hall–Kier alpha value is -1.14. The molecule has 1 rings (SSSR count). The second-order valence-corrected chi connectivity index (χ2v) is 4.92. The minimum Gasteiger partial charge on any atom is -0.494 e. The van der Waals surface area contributed by atoms with E-state index >= 15 is 0 Å². The number of nitrogens with two attached hydrogens (primary N) is 1. The number of methoxy groups -OCH3 is 1. The fourth-order valence-electron chi connectivity index (χ4n) is 1.98. The summed E-state index contributed by atoms with van der Waals surface area (Å²) in [6.07, 6.45) is 0.468. The van der Waals surface area contributed by atoms with E-state index in [0.29, 0.717) is 26.3 Å². The molecule has 0 radical (unpaired) electrons. The number of ether oxygens (including phenoxy) is 2. The van der Waals surface area contributed by atoms with Crippen molar-refractivity contribution in [3.63, 3.8) is 0 Å². The molecule has 5 heteroatoms. The number of rotatable bonds is 10. The average molecular weight is 282 g/mol. The Morgan fingerprint density at radius 2 is 2.20 bits per heavy atom. The van der Waals surface area contributed by atoms with Crippen LogP contribution in [0.5, 0.6) is 5.75 Å². The molecular formula is C15H26N2O3. The van der Waals surface area contributed by atoms with Gasteiger partial charge in [-0.3, -0.25) is 0 Å². The van der Waals surface area contributed by atoms with Crippen molar-refractivity contribution in [3.05, 3.63) is 29.8 Å². The maximum Gasteiger partial charge on any atom is 0.119 e. The summed E-state index contributed by atoms with van der Waals surface area (Å²) in [7, 11) is 3.57. The molecule has 0 aliphatic carbocycles. The monoisotopic (exact) mass is 282 g/mol. The molecule has 1 aromatic carbocycles. The lowest BCUT2D eigenvalue weighted by Crippen LogP contribution is -2.33. The smallest absolute Gasteiger partial charge is 0.119 e. The maximum absolute atomic E-state index is 9.60. The van der Waals surface area contributed by atoms with Crippen LogP contribution >= 0.6 is 0 Å². The first-order valence-corrected chi connectivity index (χ1v) is 6.93. The van der Waals surface area contributed by atoms with E-state index in [2.05, 4.69) is 4.90 Å². The van der Waals surface area contributed by atoms with Crippen molar-refractivity contribution in [1.29, 1.82) is 0 Å². The number of aliphatic hydroxyl groups excluding tert-OH is 1. The van der Waals surface area contributed by atoms with Crippen LogP contribution in [0.3, 0.4) is 0 Å². The van der Waals surface area contributed by atoms with E-state index in [1.54, 1.807) is 7.11 Å². The molecule has 1 unspecified atom stereocenters. The van der Waals surface area contributed by atoms with Gasteiger partial charge in [0.25, 0.3) is 0 Å². The predicted octanol–water partition coefficient (Wildman–Crippen LogP) is 0.853. The molecule has 1 aromatic rings. The van der Waals surface area contributed by atoms with Crippen LogP contribution in [0, 0.1) is 0 Å². The first-order valence-electron chi connectivity index (χ1n) is 6.93. The summed E-state index contributed by atoms with van der Waals surface area (Å²) < 4.78 is 10.6. The van der Waals surface area contributed by atoms with Crippen LogP contribution in [0.1, 0.15) is 12.0 Å². The van der Waals surface area contributed by atoms with Crippen LogP contribution in [-0.4, -0.2) is 56.6 Å². The fraction of sp³-hybridized carbons (Fsp3) is 0.600. The Balaban J connectivity index is 2.17. The van der Waals surface area contributed by atoms with E-state index in [-0.39, 0.29) is 0 Å². The molecule has 114 valence electrons. The number of benzene rings is 1. The molecule has 0 saturated carbocycles. The van der Waals surface area contributed by atoms with E-state index in [1.165, 1.54) is 0 Å². The van der Waals surface area contributed by atoms with Crippen LogP contribution in [0.15, 0.2) is 24.3 Å². The van der Waals surface area contributed by atoms with Crippen LogP contribution in [0.4, 0.5) is 0 Å². The average Bonchev–Trinajstić information content (AvgIpc) is 2.44. The van der Waals surface area contributed by atoms with Crippen LogP contribution in [-0.2, 0) is 11.3 Å². The molecule has 0 fully saturated rings. The molecule has 3 N–H and O–H groups in total. The van der Waals surface area contributed by atoms with Gasteiger partial charge in [0.05, 0.1) is 19.3 Å². The summed E-state index contributed by atoms with van der Waals surface area (Å²) in [5.74, 6) is 0.857. The highest BCUT2D eigenvalue weighted by atomic mass is 16.5. The molecule has 0 saturated heterocycles. The topological polar surface area (TPSA) is 68.0 Å². The molecule has 1 atom stereocenters. The van der Waals surface area contributed by atoms with Crippen molar-refractivity contribution < 1.29 is 14.6 Å². The van der Waals surface area contributed by atoms with Crippen molar-refractivity contribution in [2.24, 2.45) is 5.73 Å². The van der Waals surface area contributed by atoms with Gasteiger partial charge in [0.2, 0.25) is 0 Å². The summed E-state index contributed by atoms with van der Waals surface area (Å²) in [5, 5.41) is 9.60. The molecule has 5 nitrogen and oxygen atoms in total. The van der Waals surface area contributed by atoms with Gasteiger partial charge in [0.15, 0.2) is 0 Å². The Morgan fingerprint density at radius 1 is 1.40 bits per heavy atom. The maximum atomic E-state index is 9.60. The van der Waals surface area contributed by atoms with Crippen molar-refractivity contribution in [2.75, 3.05) is 40.5 Å². The van der Waals surface area contributed by atoms with Gasteiger partial charge in [-0.15, -0.1) is 0 Å². The van der Waals surface area contributed by atoms with Gasteiger partial charge >= 0.3 is 0 Å². The largest absolute Gasteiger partial charge is 0.494 e. The molecule has 0 amide bonds. The number of likely N-dealkylation sites (N-methyl/N-ethyl adjacent to an activating group) is 1. The standard InChI is InChI=1S/C15H26N2O3/c1-17(11-14(18)12-19-2)7-4-8-20-15-6-3-5-13(9-15)10-16/h3,5-6,9,14,18H,4,7-8,10-12,16H2,1-2H3. The zero-order chi connectivity index (χ0) is 14.8. The normalized spacial score (nSPS) is 12.7. The second-order valence-electron chi connectivity index (χ2n) is 4.92. The minimum absolute atomic E-state index is 0.368. The van der Waals surface area contributed by atoms with Gasteiger partial charge in [0.1, 0.15) is 5.75 Å². The van der Waals surface area contributed by atoms with E-state index in [4.69, 9.17) is 15.2 Å². The van der Waals surface area contributed by atoms with Crippen molar-refractivity contribution in [3.8, 4) is 5.75 Å². The summed E-state index contributed by atoms with van der Waals surface area (Å²) in [6, 6.07) is 7.83. The number of hydrogen-bond donors (Lipinski definition) is 2. The van der Waals surface area contributed by atoms with Gasteiger partial charge < -0.3 is 25.2 Å². The molecule has 0 aliphatic heterocycles. The second kappa shape index (κ2) is 9.72. The van der Waals surface area contributed by atoms with E-state index < -0.39 is 6.10 Å². The van der Waals surface area contributed by atoms with E-state index in [1.807, 2.05) is 31.3 Å². The summed E-state index contributed by atoms with van der Waals surface area (Å²) in [5.41, 5.74) is 6.66. The zero-order valence-electron chi connectivity index (χ0n) is 12.4. The van der Waals surface area contributed by atoms with Crippen LogP contribution in [0.25, 0.3) is 0 Å². The third-order valence-electron chi connectivity index (χ3n) is 2.97. The lowest BCUT2D eigenvalue weighted by molar-refractivity contribution is 0.0424. The molecular weight excluding hydrogens is 256 g/mol. The lowest BCUT2D eigenvalue weighted by Gasteiger charge is -2.20. The van der Waals surface area contributed by atoms with Crippen molar-refractivity contribution in [1.82, 2.24) is 4.90 Å². The van der Waals surface area contributed by atoms with Crippen LogP contribution in [0.2, 0.25) is 0 Å². The first-order chi connectivity index (χ1) is 9.65. The third kappa shape index (κ3) is 6.86. The minimum atomic E-state index is -0.438. The lowest BCUT2D eigenvalue weighted by atomic mass is 10.2. The van der Waals surface area contributed by atoms with Crippen molar-refractivity contribution in [2.45, 2.75) is 19.1 Å². The molecule has 0 spiro atoms. The zero-order valence-corrected chi connectivity index (χ0v) is 12.4. The Bertz CT molecular complexity index is 374. The molecule has 0 aliphatic rings. The fourth-order valence-corrected chi connectivity index (χ4v) is 1.98. The molecule has 0 aromatic heterocycles. The molecule has 0 bridgehead atoms. The SMILES string of the molecule is COCC(O)CN(C)CCCOc1cccc(CN)c1. The predicted molar refractivity (Wildman–Crippen MR) is 79.8 cm³/mol. The van der Waals surface area contributed by atoms with E-state index in [9.17, 15) is 5.11 Å². The van der Waals surface area contributed by atoms with Gasteiger partial charge in [-0.2, -0.15) is 0 Å². The van der Waals surface area contributed by atoms with Gasteiger partial charge in [-0.1, -0.05) is 12.1 Å². The van der Waals surface area contributed by atoms with Crippen molar-refractivity contribution >= 4 is 0 Å². The quantitative estimate of drug-likeness (QED) is 0.623. The Kier molecular flexibility index (Phi) is 8.22. The van der Waals surface area contributed by atoms with Gasteiger partial charge in [-0.05, 0) is 31.2 Å². The van der Waals surface area contributed by atoms with Crippen LogP contribution < -0.4 is 10.5 Å². The van der Waals surface area contributed by atoms with E-state index in [0.717, 1.165) is 24.3 Å². The summed E-state index contributed by atoms with van der Waals surface area (Å²) in [6.45, 7) is 3.02. The Labute approximate surface area is 121 Å². The third-order valence-corrected chi connectivity index (χ3v) is 2.97. The van der Waals surface area contributed by atoms with Gasteiger partial charge in [-0.25, -0.2) is 0 Å². The molecule has 0 heterocycles. The first kappa shape index (κ1) is 16.9. The number of aliphatic hydroxyl groups is 1. The highest BCUT2D eigenvalue weighted by Crippen LogP contribution is 2.13. The Morgan fingerprint density at radius 3 is 2.90 bits per heavy atom.